The summed E-state index contributed by atoms with van der Waals surface area (Å²) < 4.78 is 3.41. The molecule has 3 aromatic rings. The van der Waals surface area contributed by atoms with Crippen LogP contribution in [0.2, 0.25) is 0 Å². The smallest absolute Gasteiger partial charge is 0.264 e. The number of nitrogens with zero attached hydrogens (tertiary/aromatic N) is 4. The molecule has 0 amide bonds. The monoisotopic (exact) mass is 310 g/mol. The minimum Gasteiger partial charge on any atom is -0.299 e. The Balaban J connectivity index is 2.06. The lowest BCUT2D eigenvalue weighted by molar-refractivity contribution is 0.506. The summed E-state index contributed by atoms with van der Waals surface area (Å²) in [6, 6.07) is 6.12. The Morgan fingerprint density at radius 1 is 1.17 bits per heavy atom. The van der Waals surface area contributed by atoms with E-state index in [4.69, 9.17) is 0 Å². The SMILES string of the molecule is Cc1ccc(-n2ncc3c(=O)n(CCC(C)C)cnc32)cc1C. The second-order valence-corrected chi connectivity index (χ2v) is 6.49. The van der Waals surface area contributed by atoms with Crippen molar-refractivity contribution in [3.63, 3.8) is 0 Å². The molecule has 2 heterocycles. The second kappa shape index (κ2) is 5.99. The van der Waals surface area contributed by atoms with Crippen molar-refractivity contribution >= 4 is 11.0 Å². The van der Waals surface area contributed by atoms with E-state index in [1.54, 1.807) is 21.8 Å². The summed E-state index contributed by atoms with van der Waals surface area (Å²) in [5.74, 6) is 0.552. The van der Waals surface area contributed by atoms with E-state index < -0.39 is 0 Å². The van der Waals surface area contributed by atoms with Crippen LogP contribution in [-0.2, 0) is 6.54 Å². The van der Waals surface area contributed by atoms with Crippen LogP contribution in [-0.4, -0.2) is 19.3 Å². The highest BCUT2D eigenvalue weighted by atomic mass is 16.1. The Hall–Kier alpha value is -2.43. The maximum absolute atomic E-state index is 12.6. The lowest BCUT2D eigenvalue weighted by atomic mass is 10.1. The molecule has 5 heteroatoms. The van der Waals surface area contributed by atoms with Crippen molar-refractivity contribution < 1.29 is 0 Å². The van der Waals surface area contributed by atoms with Crippen molar-refractivity contribution in [2.75, 3.05) is 0 Å². The zero-order valence-electron chi connectivity index (χ0n) is 14.1. The Labute approximate surface area is 135 Å². The predicted molar refractivity (Wildman–Crippen MR) is 92.1 cm³/mol. The van der Waals surface area contributed by atoms with Gasteiger partial charge in [0.1, 0.15) is 5.39 Å². The van der Waals surface area contributed by atoms with Gasteiger partial charge in [-0.25, -0.2) is 9.67 Å². The Kier molecular flexibility index (Phi) is 4.03. The number of rotatable bonds is 4. The fourth-order valence-electron chi connectivity index (χ4n) is 2.55. The van der Waals surface area contributed by atoms with Gasteiger partial charge in [0.15, 0.2) is 5.65 Å². The molecule has 0 saturated carbocycles. The lowest BCUT2D eigenvalue weighted by Crippen LogP contribution is -2.21. The summed E-state index contributed by atoms with van der Waals surface area (Å²) in [6.45, 7) is 9.13. The van der Waals surface area contributed by atoms with Crippen LogP contribution in [0.1, 0.15) is 31.4 Å². The average molecular weight is 310 g/mol. The van der Waals surface area contributed by atoms with Crippen molar-refractivity contribution in [3.8, 4) is 5.69 Å². The van der Waals surface area contributed by atoms with Crippen molar-refractivity contribution in [1.29, 1.82) is 0 Å². The molecule has 3 rings (SSSR count). The summed E-state index contributed by atoms with van der Waals surface area (Å²) in [5, 5.41) is 4.94. The first kappa shape index (κ1) is 15.5. The van der Waals surface area contributed by atoms with Gasteiger partial charge in [-0.05, 0) is 49.4 Å². The van der Waals surface area contributed by atoms with Gasteiger partial charge >= 0.3 is 0 Å². The van der Waals surface area contributed by atoms with Gasteiger partial charge in [0.05, 0.1) is 18.2 Å². The van der Waals surface area contributed by atoms with Crippen LogP contribution in [0.3, 0.4) is 0 Å². The summed E-state index contributed by atoms with van der Waals surface area (Å²) >= 11 is 0. The van der Waals surface area contributed by atoms with Gasteiger partial charge in [-0.15, -0.1) is 0 Å². The Morgan fingerprint density at radius 3 is 2.65 bits per heavy atom. The molecule has 0 radical (unpaired) electrons. The highest BCUT2D eigenvalue weighted by Gasteiger charge is 2.12. The second-order valence-electron chi connectivity index (χ2n) is 6.49. The van der Waals surface area contributed by atoms with E-state index in [2.05, 4.69) is 49.9 Å². The van der Waals surface area contributed by atoms with E-state index in [0.29, 0.717) is 23.5 Å². The largest absolute Gasteiger partial charge is 0.299 e. The standard InChI is InChI=1S/C18H22N4O/c1-12(2)7-8-21-11-19-17-16(18(21)23)10-20-22(17)15-6-5-13(3)14(4)9-15/h5-6,9-12H,7-8H2,1-4H3. The molecule has 0 fully saturated rings. The molecule has 0 saturated heterocycles. The number of hydrogen-bond acceptors (Lipinski definition) is 3. The zero-order valence-corrected chi connectivity index (χ0v) is 14.1. The van der Waals surface area contributed by atoms with Gasteiger partial charge in [-0.2, -0.15) is 5.10 Å². The number of aromatic nitrogens is 4. The first-order valence-electron chi connectivity index (χ1n) is 7.98. The molecule has 0 aliphatic heterocycles. The minimum atomic E-state index is -0.0225. The van der Waals surface area contributed by atoms with E-state index in [0.717, 1.165) is 12.1 Å². The van der Waals surface area contributed by atoms with Crippen LogP contribution in [0, 0.1) is 19.8 Å². The van der Waals surface area contributed by atoms with E-state index >= 15 is 0 Å². The minimum absolute atomic E-state index is 0.0225. The third-order valence-corrected chi connectivity index (χ3v) is 4.24. The van der Waals surface area contributed by atoms with Crippen molar-refractivity contribution in [2.24, 2.45) is 5.92 Å². The highest BCUT2D eigenvalue weighted by molar-refractivity contribution is 5.75. The van der Waals surface area contributed by atoms with Crippen LogP contribution in [0.5, 0.6) is 0 Å². The van der Waals surface area contributed by atoms with Gasteiger partial charge in [-0.3, -0.25) is 9.36 Å². The number of fused-ring (bicyclic) bond motifs is 1. The van der Waals surface area contributed by atoms with Gasteiger partial charge < -0.3 is 0 Å². The van der Waals surface area contributed by atoms with Gasteiger partial charge in [-0.1, -0.05) is 19.9 Å². The van der Waals surface area contributed by atoms with Crippen molar-refractivity contribution in [2.45, 2.75) is 40.7 Å². The van der Waals surface area contributed by atoms with Gasteiger partial charge in [0, 0.05) is 6.54 Å². The molecule has 0 aliphatic carbocycles. The molecule has 0 bridgehead atoms. The molecule has 0 unspecified atom stereocenters. The molecular weight excluding hydrogens is 288 g/mol. The average Bonchev–Trinajstić information content (AvgIpc) is 2.94. The Morgan fingerprint density at radius 2 is 1.96 bits per heavy atom. The molecule has 1 aromatic carbocycles. The number of benzene rings is 1. The van der Waals surface area contributed by atoms with Gasteiger partial charge in [0.25, 0.3) is 5.56 Å². The van der Waals surface area contributed by atoms with Crippen LogP contribution in [0.15, 0.2) is 35.5 Å². The van der Waals surface area contributed by atoms with Crippen LogP contribution < -0.4 is 5.56 Å². The third kappa shape index (κ3) is 2.91. The van der Waals surface area contributed by atoms with E-state index in [1.165, 1.54) is 11.1 Å². The number of aryl methyl sites for hydroxylation is 3. The molecule has 2 aromatic heterocycles. The first-order chi connectivity index (χ1) is 11.0. The molecule has 5 nitrogen and oxygen atoms in total. The molecule has 0 N–H and O–H groups in total. The molecular formula is C18H22N4O. The number of hydrogen-bond donors (Lipinski definition) is 0. The van der Waals surface area contributed by atoms with E-state index in [-0.39, 0.29) is 5.56 Å². The van der Waals surface area contributed by atoms with E-state index in [1.807, 2.05) is 6.07 Å². The topological polar surface area (TPSA) is 52.7 Å². The van der Waals surface area contributed by atoms with Gasteiger partial charge in [0.2, 0.25) is 0 Å². The summed E-state index contributed by atoms with van der Waals surface area (Å²) in [7, 11) is 0. The first-order valence-corrected chi connectivity index (χ1v) is 7.98. The third-order valence-electron chi connectivity index (χ3n) is 4.24. The predicted octanol–water partition coefficient (Wildman–Crippen LogP) is 3.25. The Bertz CT molecular complexity index is 905. The summed E-state index contributed by atoms with van der Waals surface area (Å²) in [6.07, 6.45) is 4.20. The van der Waals surface area contributed by atoms with E-state index in [9.17, 15) is 4.79 Å². The summed E-state index contributed by atoms with van der Waals surface area (Å²) in [4.78, 5) is 17.0. The van der Waals surface area contributed by atoms with Crippen molar-refractivity contribution in [1.82, 2.24) is 19.3 Å². The van der Waals surface area contributed by atoms with Crippen LogP contribution in [0.25, 0.3) is 16.7 Å². The normalized spacial score (nSPS) is 11.5. The fraction of sp³-hybridized carbons (Fsp3) is 0.389. The highest BCUT2D eigenvalue weighted by Crippen LogP contribution is 2.17. The lowest BCUT2D eigenvalue weighted by Gasteiger charge is -2.08. The maximum atomic E-state index is 12.6. The molecule has 23 heavy (non-hydrogen) atoms. The summed E-state index contributed by atoms with van der Waals surface area (Å²) in [5.41, 5.74) is 3.94. The fourth-order valence-corrected chi connectivity index (χ4v) is 2.55. The van der Waals surface area contributed by atoms with Crippen LogP contribution >= 0.6 is 0 Å². The molecule has 120 valence electrons. The maximum Gasteiger partial charge on any atom is 0.264 e. The quantitative estimate of drug-likeness (QED) is 0.743. The van der Waals surface area contributed by atoms with Crippen LogP contribution in [0.4, 0.5) is 0 Å². The molecule has 0 atom stereocenters. The van der Waals surface area contributed by atoms with Crippen molar-refractivity contribution in [3.05, 3.63) is 52.2 Å². The molecule has 0 spiro atoms. The molecule has 0 aliphatic rings. The zero-order chi connectivity index (χ0) is 16.6.